The summed E-state index contributed by atoms with van der Waals surface area (Å²) in [6.45, 7) is 4.23. The Morgan fingerprint density at radius 2 is 2.00 bits per heavy atom. The molecule has 1 aliphatic heterocycles. The van der Waals surface area contributed by atoms with E-state index in [4.69, 9.17) is 9.84 Å². The molecular weight excluding hydrogens is 178 g/mol. The molecule has 1 aliphatic carbocycles. The second kappa shape index (κ2) is 4.60. The Hall–Kier alpha value is -0.120. The van der Waals surface area contributed by atoms with Crippen molar-refractivity contribution in [3.63, 3.8) is 0 Å². The molecule has 0 bridgehead atoms. The van der Waals surface area contributed by atoms with Crippen LogP contribution in [0.15, 0.2) is 0 Å². The lowest BCUT2D eigenvalue weighted by Crippen LogP contribution is -2.51. The molecule has 2 rings (SSSR count). The van der Waals surface area contributed by atoms with E-state index in [2.05, 4.69) is 11.8 Å². The van der Waals surface area contributed by atoms with Crippen molar-refractivity contribution in [2.24, 2.45) is 0 Å². The van der Waals surface area contributed by atoms with Crippen molar-refractivity contribution in [1.82, 2.24) is 4.90 Å². The first kappa shape index (κ1) is 10.4. The normalized spacial score (nSPS) is 36.4. The van der Waals surface area contributed by atoms with E-state index in [1.807, 2.05) is 0 Å². The quantitative estimate of drug-likeness (QED) is 0.720. The zero-order valence-electron chi connectivity index (χ0n) is 8.98. The minimum Gasteiger partial charge on any atom is -0.394 e. The van der Waals surface area contributed by atoms with Crippen LogP contribution in [0.5, 0.6) is 0 Å². The molecule has 82 valence electrons. The van der Waals surface area contributed by atoms with Crippen LogP contribution in [0.3, 0.4) is 0 Å². The first-order valence-corrected chi connectivity index (χ1v) is 5.80. The molecule has 0 radical (unpaired) electrons. The summed E-state index contributed by atoms with van der Waals surface area (Å²) in [6.07, 6.45) is 5.75. The third kappa shape index (κ3) is 2.27. The van der Waals surface area contributed by atoms with Crippen LogP contribution >= 0.6 is 0 Å². The van der Waals surface area contributed by atoms with E-state index in [0.717, 1.165) is 19.1 Å². The van der Waals surface area contributed by atoms with Gasteiger partial charge in [0, 0.05) is 19.1 Å². The van der Waals surface area contributed by atoms with Crippen LogP contribution in [0.25, 0.3) is 0 Å². The van der Waals surface area contributed by atoms with E-state index in [1.54, 1.807) is 0 Å². The first-order valence-electron chi connectivity index (χ1n) is 5.80. The highest BCUT2D eigenvalue weighted by molar-refractivity contribution is 4.83. The number of aliphatic hydroxyl groups is 1. The third-order valence-electron chi connectivity index (χ3n) is 3.40. The summed E-state index contributed by atoms with van der Waals surface area (Å²) in [5.74, 6) is 0. The molecule has 14 heavy (non-hydrogen) atoms. The number of morpholine rings is 1. The molecule has 1 saturated heterocycles. The fourth-order valence-corrected chi connectivity index (χ4v) is 2.75. The van der Waals surface area contributed by atoms with Crippen LogP contribution in [-0.2, 0) is 4.74 Å². The van der Waals surface area contributed by atoms with Crippen LogP contribution in [0.1, 0.15) is 32.6 Å². The molecule has 0 aromatic rings. The van der Waals surface area contributed by atoms with E-state index in [0.29, 0.717) is 0 Å². The van der Waals surface area contributed by atoms with Gasteiger partial charge in [-0.1, -0.05) is 12.8 Å². The van der Waals surface area contributed by atoms with Gasteiger partial charge in [-0.15, -0.1) is 0 Å². The SMILES string of the molecule is CC1CN(C2CCCC2)CC(CO)O1. The summed E-state index contributed by atoms with van der Waals surface area (Å²) < 4.78 is 5.63. The van der Waals surface area contributed by atoms with Crippen LogP contribution in [0, 0.1) is 0 Å². The van der Waals surface area contributed by atoms with Gasteiger partial charge in [0.15, 0.2) is 0 Å². The first-order chi connectivity index (χ1) is 6.79. The van der Waals surface area contributed by atoms with Crippen LogP contribution in [0.4, 0.5) is 0 Å². The fourth-order valence-electron chi connectivity index (χ4n) is 2.75. The Morgan fingerprint density at radius 1 is 1.29 bits per heavy atom. The molecule has 0 aromatic heterocycles. The minimum absolute atomic E-state index is 0.0411. The Labute approximate surface area is 86.0 Å². The van der Waals surface area contributed by atoms with Gasteiger partial charge in [0.25, 0.3) is 0 Å². The average molecular weight is 199 g/mol. The molecular formula is C11H21NO2. The summed E-state index contributed by atoms with van der Waals surface area (Å²) in [4.78, 5) is 2.52. The highest BCUT2D eigenvalue weighted by atomic mass is 16.5. The summed E-state index contributed by atoms with van der Waals surface area (Å²) in [5, 5.41) is 9.12. The number of nitrogens with zero attached hydrogens (tertiary/aromatic N) is 1. The Balaban J connectivity index is 1.90. The van der Waals surface area contributed by atoms with E-state index in [1.165, 1.54) is 25.7 Å². The molecule has 1 saturated carbocycles. The molecule has 2 atom stereocenters. The average Bonchev–Trinajstić information content (AvgIpc) is 2.69. The molecule has 0 amide bonds. The van der Waals surface area contributed by atoms with Gasteiger partial charge in [-0.3, -0.25) is 4.90 Å². The number of rotatable bonds is 2. The Morgan fingerprint density at radius 3 is 2.64 bits per heavy atom. The molecule has 1 N–H and O–H groups in total. The highest BCUT2D eigenvalue weighted by Crippen LogP contribution is 2.26. The van der Waals surface area contributed by atoms with Crippen molar-refractivity contribution >= 4 is 0 Å². The van der Waals surface area contributed by atoms with Gasteiger partial charge in [-0.25, -0.2) is 0 Å². The summed E-state index contributed by atoms with van der Waals surface area (Å²) in [5.41, 5.74) is 0. The maximum Gasteiger partial charge on any atom is 0.0936 e. The van der Waals surface area contributed by atoms with Crippen molar-refractivity contribution in [1.29, 1.82) is 0 Å². The van der Waals surface area contributed by atoms with E-state index < -0.39 is 0 Å². The van der Waals surface area contributed by atoms with Crippen molar-refractivity contribution in [2.45, 2.75) is 50.9 Å². The van der Waals surface area contributed by atoms with Crippen molar-refractivity contribution in [2.75, 3.05) is 19.7 Å². The van der Waals surface area contributed by atoms with E-state index >= 15 is 0 Å². The zero-order valence-corrected chi connectivity index (χ0v) is 8.98. The lowest BCUT2D eigenvalue weighted by atomic mass is 10.1. The smallest absolute Gasteiger partial charge is 0.0936 e. The molecule has 3 heteroatoms. The largest absolute Gasteiger partial charge is 0.394 e. The van der Waals surface area contributed by atoms with Crippen LogP contribution in [0.2, 0.25) is 0 Å². The van der Waals surface area contributed by atoms with Crippen molar-refractivity contribution in [3.8, 4) is 0 Å². The zero-order chi connectivity index (χ0) is 9.97. The van der Waals surface area contributed by atoms with Crippen LogP contribution in [-0.4, -0.2) is 48.0 Å². The molecule has 0 spiro atoms. The molecule has 0 aromatic carbocycles. The topological polar surface area (TPSA) is 32.7 Å². The fraction of sp³-hybridized carbons (Fsp3) is 1.00. The Kier molecular flexibility index (Phi) is 3.42. The monoisotopic (exact) mass is 199 g/mol. The second-order valence-corrected chi connectivity index (χ2v) is 4.64. The predicted octanol–water partition coefficient (Wildman–Crippen LogP) is 1.01. The maximum absolute atomic E-state index is 9.12. The number of hydrogen-bond donors (Lipinski definition) is 1. The van der Waals surface area contributed by atoms with Gasteiger partial charge < -0.3 is 9.84 Å². The van der Waals surface area contributed by atoms with Crippen LogP contribution < -0.4 is 0 Å². The van der Waals surface area contributed by atoms with Gasteiger partial charge in [-0.05, 0) is 19.8 Å². The van der Waals surface area contributed by atoms with Gasteiger partial charge in [0.2, 0.25) is 0 Å². The van der Waals surface area contributed by atoms with Gasteiger partial charge in [-0.2, -0.15) is 0 Å². The van der Waals surface area contributed by atoms with E-state index in [9.17, 15) is 0 Å². The molecule has 2 aliphatic rings. The predicted molar refractivity (Wildman–Crippen MR) is 55.2 cm³/mol. The van der Waals surface area contributed by atoms with Crippen molar-refractivity contribution < 1.29 is 9.84 Å². The molecule has 2 fully saturated rings. The summed E-state index contributed by atoms with van der Waals surface area (Å²) >= 11 is 0. The lowest BCUT2D eigenvalue weighted by molar-refractivity contribution is -0.105. The molecule has 2 unspecified atom stereocenters. The summed E-state index contributed by atoms with van der Waals surface area (Å²) in [7, 11) is 0. The molecule has 1 heterocycles. The van der Waals surface area contributed by atoms with Gasteiger partial charge >= 0.3 is 0 Å². The number of ether oxygens (including phenoxy) is 1. The second-order valence-electron chi connectivity index (χ2n) is 4.64. The number of aliphatic hydroxyl groups excluding tert-OH is 1. The van der Waals surface area contributed by atoms with Gasteiger partial charge in [0.1, 0.15) is 0 Å². The lowest BCUT2D eigenvalue weighted by Gasteiger charge is -2.39. The van der Waals surface area contributed by atoms with E-state index in [-0.39, 0.29) is 18.8 Å². The standard InChI is InChI=1S/C11H21NO2/c1-9-6-12(7-11(8-13)14-9)10-4-2-3-5-10/h9-11,13H,2-8H2,1H3. The Bertz CT molecular complexity index is 180. The summed E-state index contributed by atoms with van der Waals surface area (Å²) in [6, 6.07) is 0.760. The third-order valence-corrected chi connectivity index (χ3v) is 3.40. The maximum atomic E-state index is 9.12. The van der Waals surface area contributed by atoms with Gasteiger partial charge in [0.05, 0.1) is 18.8 Å². The van der Waals surface area contributed by atoms with Crippen molar-refractivity contribution in [3.05, 3.63) is 0 Å². The highest BCUT2D eigenvalue weighted by Gasteiger charge is 2.30. The minimum atomic E-state index is 0.0411. The number of hydrogen-bond acceptors (Lipinski definition) is 3. The molecule has 3 nitrogen and oxygen atoms in total.